The average Bonchev–Trinajstić information content (AvgIpc) is 2.81. The molecule has 2 aromatic heterocycles. The van der Waals surface area contributed by atoms with Crippen molar-refractivity contribution in [3.05, 3.63) is 81.6 Å². The number of hydrogen-bond acceptors (Lipinski definition) is 6. The van der Waals surface area contributed by atoms with E-state index in [2.05, 4.69) is 15.3 Å². The number of carbonyl (C=O) groups excluding carboxylic acids is 1. The van der Waals surface area contributed by atoms with Gasteiger partial charge in [-0.1, -0.05) is 42.5 Å². The van der Waals surface area contributed by atoms with Gasteiger partial charge in [-0.2, -0.15) is 0 Å². The van der Waals surface area contributed by atoms with E-state index < -0.39 is 23.7 Å². The lowest BCUT2D eigenvalue weighted by atomic mass is 10.2. The van der Waals surface area contributed by atoms with Crippen molar-refractivity contribution in [2.24, 2.45) is 7.05 Å². The topological polar surface area (TPSA) is 108 Å². The third-order valence-corrected chi connectivity index (χ3v) is 4.79. The van der Waals surface area contributed by atoms with Crippen molar-refractivity contribution in [1.82, 2.24) is 19.1 Å². The summed E-state index contributed by atoms with van der Waals surface area (Å²) in [5, 5.41) is 2.80. The van der Waals surface area contributed by atoms with Gasteiger partial charge < -0.3 is 10.1 Å². The standard InChI is InChI=1S/C22H19N5O4/c1-26-20-15(12-23-19(25-20)14-8-4-3-5-9-14)21(29)27(22(26)30)13-18(28)24-16-10-6-7-11-17(16)31-2/h3-12H,13H2,1-2H3,(H,24,28). The van der Waals surface area contributed by atoms with E-state index in [-0.39, 0.29) is 11.0 Å². The van der Waals surface area contributed by atoms with E-state index in [1.54, 1.807) is 24.3 Å². The van der Waals surface area contributed by atoms with E-state index >= 15 is 0 Å². The predicted molar refractivity (Wildman–Crippen MR) is 116 cm³/mol. The lowest BCUT2D eigenvalue weighted by Crippen LogP contribution is -2.42. The smallest absolute Gasteiger partial charge is 0.332 e. The lowest BCUT2D eigenvalue weighted by molar-refractivity contribution is -0.116. The van der Waals surface area contributed by atoms with Crippen molar-refractivity contribution in [1.29, 1.82) is 0 Å². The Hall–Kier alpha value is -4.27. The summed E-state index contributed by atoms with van der Waals surface area (Å²) in [7, 11) is 2.98. The largest absolute Gasteiger partial charge is 0.495 e. The fourth-order valence-electron chi connectivity index (χ4n) is 3.23. The third-order valence-electron chi connectivity index (χ3n) is 4.79. The normalized spacial score (nSPS) is 10.8. The van der Waals surface area contributed by atoms with Crippen molar-refractivity contribution in [2.75, 3.05) is 12.4 Å². The zero-order chi connectivity index (χ0) is 22.0. The second kappa shape index (κ2) is 8.23. The molecule has 0 fully saturated rings. The lowest BCUT2D eigenvalue weighted by Gasteiger charge is -2.12. The van der Waals surface area contributed by atoms with Gasteiger partial charge in [0.15, 0.2) is 11.5 Å². The molecule has 0 saturated heterocycles. The van der Waals surface area contributed by atoms with Crippen LogP contribution in [0.5, 0.6) is 5.75 Å². The van der Waals surface area contributed by atoms with Crippen LogP contribution in [0.1, 0.15) is 0 Å². The molecular formula is C22H19N5O4. The minimum Gasteiger partial charge on any atom is -0.495 e. The van der Waals surface area contributed by atoms with Gasteiger partial charge in [-0.3, -0.25) is 18.7 Å². The van der Waals surface area contributed by atoms with Crippen LogP contribution in [0.15, 0.2) is 70.4 Å². The highest BCUT2D eigenvalue weighted by Crippen LogP contribution is 2.22. The predicted octanol–water partition coefficient (Wildman–Crippen LogP) is 1.80. The SMILES string of the molecule is COc1ccccc1NC(=O)Cn1c(=O)c2cnc(-c3ccccc3)nc2n(C)c1=O. The highest BCUT2D eigenvalue weighted by molar-refractivity contribution is 5.92. The molecule has 156 valence electrons. The van der Waals surface area contributed by atoms with E-state index in [9.17, 15) is 14.4 Å². The number of aryl methyl sites for hydroxylation is 1. The van der Waals surface area contributed by atoms with Crippen LogP contribution >= 0.6 is 0 Å². The van der Waals surface area contributed by atoms with Crippen LogP contribution in [-0.4, -0.2) is 32.1 Å². The number of fused-ring (bicyclic) bond motifs is 1. The van der Waals surface area contributed by atoms with Gasteiger partial charge in [-0.15, -0.1) is 0 Å². The molecule has 4 rings (SSSR count). The Kier molecular flexibility index (Phi) is 5.31. The molecule has 0 saturated carbocycles. The maximum absolute atomic E-state index is 12.9. The number of ether oxygens (including phenoxy) is 1. The maximum Gasteiger partial charge on any atom is 0.332 e. The molecule has 2 aromatic carbocycles. The van der Waals surface area contributed by atoms with Crippen molar-refractivity contribution in [2.45, 2.75) is 6.54 Å². The molecule has 31 heavy (non-hydrogen) atoms. The molecule has 0 atom stereocenters. The maximum atomic E-state index is 12.9. The highest BCUT2D eigenvalue weighted by Gasteiger charge is 2.17. The molecule has 0 aliphatic rings. The first-order chi connectivity index (χ1) is 15.0. The van der Waals surface area contributed by atoms with Gasteiger partial charge in [-0.25, -0.2) is 14.8 Å². The summed E-state index contributed by atoms with van der Waals surface area (Å²) in [6, 6.07) is 16.1. The number of methoxy groups -OCH3 is 1. The Morgan fingerprint density at radius 1 is 1.06 bits per heavy atom. The van der Waals surface area contributed by atoms with Gasteiger partial charge in [0.2, 0.25) is 5.91 Å². The van der Waals surface area contributed by atoms with Crippen molar-refractivity contribution >= 4 is 22.6 Å². The fraction of sp³-hybridized carbons (Fsp3) is 0.136. The van der Waals surface area contributed by atoms with Crippen LogP contribution in [0.3, 0.4) is 0 Å². The Bertz CT molecular complexity index is 1390. The van der Waals surface area contributed by atoms with Crippen LogP contribution in [-0.2, 0) is 18.4 Å². The zero-order valence-electron chi connectivity index (χ0n) is 16.9. The van der Waals surface area contributed by atoms with Gasteiger partial charge in [0.1, 0.15) is 17.7 Å². The van der Waals surface area contributed by atoms with Gasteiger partial charge in [-0.05, 0) is 12.1 Å². The molecular weight excluding hydrogens is 398 g/mol. The summed E-state index contributed by atoms with van der Waals surface area (Å²) in [5.41, 5.74) is 0.122. The molecule has 1 N–H and O–H groups in total. The minimum absolute atomic E-state index is 0.145. The molecule has 0 radical (unpaired) electrons. The number of anilines is 1. The van der Waals surface area contributed by atoms with E-state index in [0.717, 1.165) is 10.1 Å². The number of aromatic nitrogens is 4. The van der Waals surface area contributed by atoms with E-state index in [1.807, 2.05) is 30.3 Å². The number of benzene rings is 2. The van der Waals surface area contributed by atoms with Gasteiger partial charge in [0.05, 0.1) is 12.8 Å². The van der Waals surface area contributed by atoms with E-state index in [4.69, 9.17) is 4.74 Å². The summed E-state index contributed by atoms with van der Waals surface area (Å²) in [6.07, 6.45) is 1.38. The summed E-state index contributed by atoms with van der Waals surface area (Å²) >= 11 is 0. The summed E-state index contributed by atoms with van der Waals surface area (Å²) < 4.78 is 7.30. The third kappa shape index (κ3) is 3.80. The second-order valence-electron chi connectivity index (χ2n) is 6.78. The number of nitrogens with zero attached hydrogens (tertiary/aromatic N) is 4. The number of amides is 1. The number of para-hydroxylation sites is 2. The molecule has 9 nitrogen and oxygen atoms in total. The van der Waals surface area contributed by atoms with Crippen molar-refractivity contribution in [3.63, 3.8) is 0 Å². The molecule has 1 amide bonds. The summed E-state index contributed by atoms with van der Waals surface area (Å²) in [4.78, 5) is 46.9. The van der Waals surface area contributed by atoms with Gasteiger partial charge in [0.25, 0.3) is 5.56 Å². The molecule has 9 heteroatoms. The first-order valence-corrected chi connectivity index (χ1v) is 9.44. The Morgan fingerprint density at radius 3 is 2.52 bits per heavy atom. The van der Waals surface area contributed by atoms with Gasteiger partial charge in [0, 0.05) is 18.8 Å². The van der Waals surface area contributed by atoms with Crippen molar-refractivity contribution in [3.8, 4) is 17.1 Å². The molecule has 0 bridgehead atoms. The van der Waals surface area contributed by atoms with Gasteiger partial charge >= 0.3 is 5.69 Å². The van der Waals surface area contributed by atoms with E-state index in [1.165, 1.54) is 24.9 Å². The molecule has 0 aliphatic heterocycles. The van der Waals surface area contributed by atoms with Crippen LogP contribution in [0.4, 0.5) is 5.69 Å². The number of nitrogens with one attached hydrogen (secondary N) is 1. The Labute approximate surface area is 176 Å². The second-order valence-corrected chi connectivity index (χ2v) is 6.78. The first-order valence-electron chi connectivity index (χ1n) is 9.44. The average molecular weight is 417 g/mol. The van der Waals surface area contributed by atoms with Crippen LogP contribution in [0.2, 0.25) is 0 Å². The van der Waals surface area contributed by atoms with E-state index in [0.29, 0.717) is 17.3 Å². The molecule has 0 unspecified atom stereocenters. The van der Waals surface area contributed by atoms with Crippen molar-refractivity contribution < 1.29 is 9.53 Å². The number of carbonyl (C=O) groups is 1. The number of rotatable bonds is 5. The molecule has 0 spiro atoms. The van der Waals surface area contributed by atoms with Crippen LogP contribution < -0.4 is 21.3 Å². The first kappa shape index (κ1) is 20.0. The molecule has 0 aliphatic carbocycles. The monoisotopic (exact) mass is 417 g/mol. The van der Waals surface area contributed by atoms with Crippen LogP contribution in [0, 0.1) is 0 Å². The molecule has 4 aromatic rings. The zero-order valence-corrected chi connectivity index (χ0v) is 16.9. The summed E-state index contributed by atoms with van der Waals surface area (Å²) in [5.74, 6) is 0.329. The fourth-order valence-corrected chi connectivity index (χ4v) is 3.23. The summed E-state index contributed by atoms with van der Waals surface area (Å²) in [6.45, 7) is -0.458. The quantitative estimate of drug-likeness (QED) is 0.531. The van der Waals surface area contributed by atoms with Crippen LogP contribution in [0.25, 0.3) is 22.4 Å². The Morgan fingerprint density at radius 2 is 1.77 bits per heavy atom. The Balaban J connectivity index is 1.71. The number of hydrogen-bond donors (Lipinski definition) is 1. The highest BCUT2D eigenvalue weighted by atomic mass is 16.5. The minimum atomic E-state index is -0.648. The molecule has 2 heterocycles.